The third-order valence-electron chi connectivity index (χ3n) is 7.39. The third kappa shape index (κ3) is 6.38. The number of aliphatic hydroxyl groups excluding tert-OH is 1. The minimum atomic E-state index is -1.35. The molecular formula is C26H38N8O4. The van der Waals surface area contributed by atoms with Gasteiger partial charge in [0, 0.05) is 51.5 Å². The molecule has 0 radical (unpaired) electrons. The Balaban J connectivity index is 1.32. The molecule has 1 aromatic heterocycles. The van der Waals surface area contributed by atoms with E-state index in [4.69, 9.17) is 11.5 Å². The number of anilines is 1. The van der Waals surface area contributed by atoms with E-state index in [1.807, 2.05) is 24.3 Å². The molecule has 2 aliphatic rings. The molecule has 6 N–H and O–H groups in total. The van der Waals surface area contributed by atoms with Crippen LogP contribution in [0.5, 0.6) is 0 Å². The van der Waals surface area contributed by atoms with Gasteiger partial charge < -0.3 is 26.4 Å². The van der Waals surface area contributed by atoms with Crippen LogP contribution in [0.3, 0.4) is 0 Å². The summed E-state index contributed by atoms with van der Waals surface area (Å²) in [6, 6.07) is 9.23. The Morgan fingerprint density at radius 1 is 1.11 bits per heavy atom. The summed E-state index contributed by atoms with van der Waals surface area (Å²) >= 11 is 0. The Labute approximate surface area is 222 Å². The normalized spacial score (nSPS) is 22.1. The van der Waals surface area contributed by atoms with Crippen LogP contribution >= 0.6 is 0 Å². The number of nitrogens with one attached hydrogen (secondary N) is 1. The summed E-state index contributed by atoms with van der Waals surface area (Å²) in [4.78, 5) is 47.3. The number of carbonyl (C=O) groups excluding carboxylic acids is 2. The molecule has 12 heteroatoms. The Morgan fingerprint density at radius 3 is 2.37 bits per heavy atom. The second kappa shape index (κ2) is 11.6. The van der Waals surface area contributed by atoms with E-state index in [0.29, 0.717) is 37.8 Å². The maximum absolute atomic E-state index is 12.7. The molecule has 2 saturated heterocycles. The first kappa shape index (κ1) is 27.7. The third-order valence-corrected chi connectivity index (χ3v) is 7.39. The van der Waals surface area contributed by atoms with Gasteiger partial charge in [-0.15, -0.1) is 0 Å². The molecule has 3 unspecified atom stereocenters. The molecule has 0 bridgehead atoms. The van der Waals surface area contributed by atoms with Crippen LogP contribution in [-0.2, 0) is 11.3 Å². The second-order valence-electron chi connectivity index (χ2n) is 10.6. The number of piperidine rings is 1. The molecule has 0 spiro atoms. The van der Waals surface area contributed by atoms with Crippen molar-refractivity contribution >= 4 is 17.8 Å². The van der Waals surface area contributed by atoms with Gasteiger partial charge in [0.1, 0.15) is 11.4 Å². The van der Waals surface area contributed by atoms with Gasteiger partial charge in [0.25, 0.3) is 0 Å². The van der Waals surface area contributed by atoms with Gasteiger partial charge in [-0.2, -0.15) is 4.98 Å². The first-order valence-corrected chi connectivity index (χ1v) is 13.0. The van der Waals surface area contributed by atoms with Crippen LogP contribution in [0.25, 0.3) is 5.69 Å². The van der Waals surface area contributed by atoms with Crippen LogP contribution in [0.2, 0.25) is 0 Å². The number of urea groups is 1. The van der Waals surface area contributed by atoms with Crippen molar-refractivity contribution in [1.29, 1.82) is 0 Å². The van der Waals surface area contributed by atoms with E-state index in [0.717, 1.165) is 31.6 Å². The zero-order valence-electron chi connectivity index (χ0n) is 22.0. The number of benzene rings is 1. The first-order valence-electron chi connectivity index (χ1n) is 13.0. The van der Waals surface area contributed by atoms with Gasteiger partial charge in [0.15, 0.2) is 0 Å². The highest BCUT2D eigenvalue weighted by Crippen LogP contribution is 2.18. The fourth-order valence-corrected chi connectivity index (χ4v) is 4.81. The Kier molecular flexibility index (Phi) is 8.46. The molecule has 0 saturated carbocycles. The summed E-state index contributed by atoms with van der Waals surface area (Å²) in [6.07, 6.45) is 2.58. The van der Waals surface area contributed by atoms with Gasteiger partial charge in [-0.1, -0.05) is 19.1 Å². The number of hydrogen-bond donors (Lipinski definition) is 4. The van der Waals surface area contributed by atoms with Crippen LogP contribution in [0.4, 0.5) is 10.6 Å². The lowest BCUT2D eigenvalue weighted by Gasteiger charge is -2.37. The van der Waals surface area contributed by atoms with Crippen LogP contribution in [0.1, 0.15) is 25.8 Å². The number of hydrogen-bond acceptors (Lipinski definition) is 8. The number of aliphatic hydroxyl groups is 1. The summed E-state index contributed by atoms with van der Waals surface area (Å²) < 4.78 is 1.43. The van der Waals surface area contributed by atoms with Crippen molar-refractivity contribution in [2.45, 2.75) is 38.4 Å². The maximum atomic E-state index is 12.7. The molecular weight excluding hydrogens is 488 g/mol. The summed E-state index contributed by atoms with van der Waals surface area (Å²) in [6.45, 7) is 7.19. The molecule has 2 aromatic rings. The summed E-state index contributed by atoms with van der Waals surface area (Å²) in [5.74, 6) is 0.266. The molecule has 2 fully saturated rings. The van der Waals surface area contributed by atoms with Gasteiger partial charge in [0.2, 0.25) is 5.91 Å². The largest absolute Gasteiger partial charge is 0.394 e. The number of amides is 3. The maximum Gasteiger partial charge on any atom is 0.354 e. The lowest BCUT2D eigenvalue weighted by atomic mass is 9.94. The molecule has 1 aromatic carbocycles. The van der Waals surface area contributed by atoms with Gasteiger partial charge >= 0.3 is 11.7 Å². The van der Waals surface area contributed by atoms with Crippen molar-refractivity contribution in [2.24, 2.45) is 17.4 Å². The first-order chi connectivity index (χ1) is 18.1. The molecule has 3 amide bonds. The van der Waals surface area contributed by atoms with E-state index >= 15 is 0 Å². The minimum absolute atomic E-state index is 0.151. The van der Waals surface area contributed by atoms with E-state index < -0.39 is 23.9 Å². The zero-order chi connectivity index (χ0) is 27.4. The van der Waals surface area contributed by atoms with Crippen molar-refractivity contribution in [1.82, 2.24) is 24.3 Å². The number of rotatable bonds is 6. The van der Waals surface area contributed by atoms with Crippen molar-refractivity contribution in [3.63, 3.8) is 0 Å². The van der Waals surface area contributed by atoms with Gasteiger partial charge in [-0.05, 0) is 49.6 Å². The number of nitrogens with two attached hydrogens (primary N) is 2. The zero-order valence-corrected chi connectivity index (χ0v) is 22.0. The number of likely N-dealkylation sites (tertiary alicyclic amines) is 1. The molecule has 2 aliphatic heterocycles. The topological polar surface area (TPSA) is 163 Å². The lowest BCUT2D eigenvalue weighted by molar-refractivity contribution is -0.139. The van der Waals surface area contributed by atoms with Crippen LogP contribution in [0.15, 0.2) is 41.3 Å². The average Bonchev–Trinajstić information content (AvgIpc) is 2.91. The predicted octanol–water partition coefficient (Wildman–Crippen LogP) is -0.213. The van der Waals surface area contributed by atoms with E-state index in [1.54, 1.807) is 17.2 Å². The number of nitrogens with zero attached hydrogens (tertiary/aromatic N) is 5. The van der Waals surface area contributed by atoms with Crippen LogP contribution in [0, 0.1) is 5.92 Å². The Hall–Kier alpha value is -3.32. The highest BCUT2D eigenvalue weighted by atomic mass is 16.3. The van der Waals surface area contributed by atoms with Gasteiger partial charge in [-0.25, -0.2) is 9.59 Å². The fraction of sp³-hybridized carbons (Fsp3) is 0.538. The van der Waals surface area contributed by atoms with E-state index in [2.05, 4.69) is 22.1 Å². The van der Waals surface area contributed by atoms with Crippen molar-refractivity contribution in [2.75, 3.05) is 51.2 Å². The minimum Gasteiger partial charge on any atom is -0.394 e. The Morgan fingerprint density at radius 2 is 1.76 bits per heavy atom. The molecule has 4 rings (SSSR count). The molecule has 38 heavy (non-hydrogen) atoms. The SMILES string of the molecule is CC1CN(Cc2ccc(-n3ccc(NC(=O)N4CCN(C(=O)C(C)(N)CO)CC4)nc3=O)cc2)CCC1N. The Bertz CT molecular complexity index is 1190. The monoisotopic (exact) mass is 526 g/mol. The van der Waals surface area contributed by atoms with Crippen molar-refractivity contribution < 1.29 is 14.7 Å². The van der Waals surface area contributed by atoms with Crippen LogP contribution in [-0.4, -0.2) is 98.8 Å². The van der Waals surface area contributed by atoms with Gasteiger partial charge in [-0.3, -0.25) is 19.6 Å². The molecule has 3 heterocycles. The highest BCUT2D eigenvalue weighted by molar-refractivity contribution is 5.89. The summed E-state index contributed by atoms with van der Waals surface area (Å²) in [5, 5.41) is 12.0. The lowest BCUT2D eigenvalue weighted by Crippen LogP contribution is -2.60. The van der Waals surface area contributed by atoms with E-state index in [9.17, 15) is 19.5 Å². The standard InChI is InChI=1S/C26H38N8O4/c1-18-15-31(9-7-21(18)27)16-19-3-5-20(6-4-19)34-10-8-22(30-25(34)38)29-24(37)33-13-11-32(12-14-33)23(36)26(2,28)17-35/h3-6,8,10,18,21,35H,7,9,11-17,27-28H2,1-2H3,(H,29,30,37,38). The van der Waals surface area contributed by atoms with Crippen molar-refractivity contribution in [3.8, 4) is 5.69 Å². The molecule has 0 aliphatic carbocycles. The number of piperazine rings is 1. The predicted molar refractivity (Wildman–Crippen MR) is 144 cm³/mol. The smallest absolute Gasteiger partial charge is 0.354 e. The van der Waals surface area contributed by atoms with Crippen molar-refractivity contribution in [3.05, 3.63) is 52.6 Å². The summed E-state index contributed by atoms with van der Waals surface area (Å²) in [5.41, 5.74) is 12.0. The fourth-order valence-electron chi connectivity index (χ4n) is 4.81. The van der Waals surface area contributed by atoms with E-state index in [1.165, 1.54) is 16.4 Å². The molecule has 3 atom stereocenters. The van der Waals surface area contributed by atoms with Crippen LogP contribution < -0.4 is 22.5 Å². The highest BCUT2D eigenvalue weighted by Gasteiger charge is 2.34. The number of aromatic nitrogens is 2. The molecule has 206 valence electrons. The van der Waals surface area contributed by atoms with E-state index in [-0.39, 0.29) is 17.8 Å². The quantitative estimate of drug-likeness (QED) is 0.402. The average molecular weight is 527 g/mol. The molecule has 12 nitrogen and oxygen atoms in total. The summed E-state index contributed by atoms with van der Waals surface area (Å²) in [7, 11) is 0. The van der Waals surface area contributed by atoms with Gasteiger partial charge in [0.05, 0.1) is 12.3 Å². The second-order valence-corrected chi connectivity index (χ2v) is 10.6. The number of carbonyl (C=O) groups is 2.